The third-order valence-corrected chi connectivity index (χ3v) is 14.0. The van der Waals surface area contributed by atoms with Crippen LogP contribution in [0.3, 0.4) is 0 Å². The number of carbonyl (C=O) groups is 3. The Morgan fingerprint density at radius 1 is 0.345 bits per heavy atom. The van der Waals surface area contributed by atoms with Crippen LogP contribution in [0.15, 0.2) is 170 Å². The van der Waals surface area contributed by atoms with Gasteiger partial charge in [-0.05, 0) is 128 Å². The molecule has 0 amide bonds. The number of quaternary nitrogens is 1. The molecule has 9 heteroatoms. The number of ether oxygens (including phenoxy) is 4. The summed E-state index contributed by atoms with van der Waals surface area (Å²) < 4.78 is 22.9. The largest absolute Gasteiger partial charge is 0.477 e. The summed E-state index contributed by atoms with van der Waals surface area (Å²) >= 11 is 0. The Bertz CT molecular complexity index is 2030. The van der Waals surface area contributed by atoms with E-state index in [1.165, 1.54) is 70.6 Å². The lowest BCUT2D eigenvalue weighted by molar-refractivity contribution is -0.870. The Labute approximate surface area is 533 Å². The molecule has 0 heterocycles. The highest BCUT2D eigenvalue weighted by Gasteiger charge is 2.25. The number of hydrogen-bond donors (Lipinski definition) is 1. The maximum atomic E-state index is 12.9. The number of unbranched alkanes of at least 4 members (excludes halogenated alkanes) is 18. The predicted octanol–water partition coefficient (Wildman–Crippen LogP) is 21.5. The van der Waals surface area contributed by atoms with E-state index in [1.54, 1.807) is 0 Å². The minimum absolute atomic E-state index is 0.175. The molecule has 0 aliphatic carbocycles. The van der Waals surface area contributed by atoms with Crippen LogP contribution in [0.25, 0.3) is 0 Å². The van der Waals surface area contributed by atoms with E-state index in [9.17, 15) is 19.5 Å². The highest BCUT2D eigenvalue weighted by atomic mass is 16.7. The zero-order chi connectivity index (χ0) is 63.3. The minimum Gasteiger partial charge on any atom is -0.477 e. The molecule has 1 N–H and O–H groups in total. The van der Waals surface area contributed by atoms with Gasteiger partial charge in [-0.25, -0.2) is 4.79 Å². The molecular weight excluding hydrogens is 1080 g/mol. The summed E-state index contributed by atoms with van der Waals surface area (Å²) in [5, 5.41) is 9.74. The first-order chi connectivity index (χ1) is 42.6. The molecule has 2 unspecified atom stereocenters. The molecule has 0 saturated carbocycles. The van der Waals surface area contributed by atoms with Crippen LogP contribution in [-0.2, 0) is 33.3 Å². The second-order valence-corrected chi connectivity index (χ2v) is 23.4. The first-order valence-electron chi connectivity index (χ1n) is 34.3. The summed E-state index contributed by atoms with van der Waals surface area (Å²) in [6, 6.07) is 0. The number of rotatable bonds is 61. The van der Waals surface area contributed by atoms with Crippen molar-refractivity contribution in [1.82, 2.24) is 0 Å². The lowest BCUT2D eigenvalue weighted by atomic mass is 10.0. The molecule has 87 heavy (non-hydrogen) atoms. The highest BCUT2D eigenvalue weighted by molar-refractivity contribution is 5.71. The van der Waals surface area contributed by atoms with E-state index in [-0.39, 0.29) is 38.6 Å². The van der Waals surface area contributed by atoms with Gasteiger partial charge in [0.15, 0.2) is 6.10 Å². The Hall–Kier alpha value is -5.35. The fourth-order valence-electron chi connectivity index (χ4n) is 8.80. The van der Waals surface area contributed by atoms with Crippen molar-refractivity contribution in [2.45, 2.75) is 257 Å². The van der Waals surface area contributed by atoms with Gasteiger partial charge in [0.2, 0.25) is 0 Å². The summed E-state index contributed by atoms with van der Waals surface area (Å²) in [4.78, 5) is 37.6. The molecule has 490 valence electrons. The lowest BCUT2D eigenvalue weighted by Crippen LogP contribution is -2.40. The Morgan fingerprint density at radius 3 is 0.920 bits per heavy atom. The fourth-order valence-corrected chi connectivity index (χ4v) is 8.80. The molecule has 0 bridgehead atoms. The fraction of sp³-hybridized carbons (Fsp3) is 0.603. The van der Waals surface area contributed by atoms with E-state index in [4.69, 9.17) is 18.9 Å². The zero-order valence-electron chi connectivity index (χ0n) is 55.9. The summed E-state index contributed by atoms with van der Waals surface area (Å²) in [6.45, 7) is 4.60. The molecule has 0 rings (SSSR count). The maximum absolute atomic E-state index is 12.9. The van der Waals surface area contributed by atoms with E-state index < -0.39 is 24.3 Å². The molecule has 0 aliphatic rings. The number of esters is 2. The standard InChI is InChI=1S/C78H125NO8/c1-6-8-10-12-14-16-18-20-22-24-26-28-30-31-32-33-34-35-36-37-38-39-40-41-42-43-44-45-47-49-51-53-55-57-59-61-63-65-67-69-76(81)87-74(73-86-78(77(82)83)84-71-70-79(3,4)5)72-85-75(80)68-66-64-62-60-58-56-54-52-50-48-46-29-27-25-23-21-19-17-15-13-11-9-7-2/h8-11,14-17,20-23,26-29,31-32,34-35,37-38,40-41,48,50,54,56,74,78H,6-7,12-13,18-19,24-25,30,33,36,39,42-47,49,51-53,55,57-73H2,1-5H3/p+1/b10-8-,11-9-,16-14-,17-15-,22-20-,23-21-,28-26-,29-27-,32-31-,35-34-,38-37-,41-40-,50-48-,56-54-. The number of likely N-dealkylation sites (N-methyl/N-ethyl adjacent to an activating group) is 1. The van der Waals surface area contributed by atoms with Crippen LogP contribution >= 0.6 is 0 Å². The van der Waals surface area contributed by atoms with Crippen molar-refractivity contribution >= 4 is 17.9 Å². The smallest absolute Gasteiger partial charge is 0.361 e. The van der Waals surface area contributed by atoms with Crippen LogP contribution in [0.2, 0.25) is 0 Å². The summed E-state index contributed by atoms with van der Waals surface area (Å²) in [6.07, 6.45) is 97.4. The van der Waals surface area contributed by atoms with Gasteiger partial charge in [-0.1, -0.05) is 274 Å². The van der Waals surface area contributed by atoms with E-state index in [0.29, 0.717) is 23.9 Å². The lowest BCUT2D eigenvalue weighted by Gasteiger charge is -2.25. The number of aliphatic carboxylic acids is 1. The molecule has 0 aromatic rings. The first-order valence-corrected chi connectivity index (χ1v) is 34.3. The van der Waals surface area contributed by atoms with Crippen LogP contribution in [0.4, 0.5) is 0 Å². The quantitative estimate of drug-likeness (QED) is 0.0211. The molecule has 0 radical (unpaired) electrons. The van der Waals surface area contributed by atoms with Gasteiger partial charge in [0.25, 0.3) is 6.29 Å². The van der Waals surface area contributed by atoms with Crippen LogP contribution in [0.5, 0.6) is 0 Å². The Morgan fingerprint density at radius 2 is 0.621 bits per heavy atom. The number of carbonyl (C=O) groups excluding carboxylic acids is 2. The minimum atomic E-state index is -1.53. The van der Waals surface area contributed by atoms with Crippen LogP contribution < -0.4 is 0 Å². The third-order valence-electron chi connectivity index (χ3n) is 14.0. The van der Waals surface area contributed by atoms with Gasteiger partial charge in [-0.2, -0.15) is 0 Å². The van der Waals surface area contributed by atoms with Crippen molar-refractivity contribution in [3.8, 4) is 0 Å². The predicted molar refractivity (Wildman–Crippen MR) is 373 cm³/mol. The molecule has 0 aromatic heterocycles. The van der Waals surface area contributed by atoms with Gasteiger partial charge in [0.1, 0.15) is 13.2 Å². The Balaban J connectivity index is 4.18. The second kappa shape index (κ2) is 66.6. The molecule has 0 aliphatic heterocycles. The van der Waals surface area contributed by atoms with Crippen molar-refractivity contribution in [3.63, 3.8) is 0 Å². The molecule has 0 spiro atoms. The molecule has 0 saturated heterocycles. The zero-order valence-corrected chi connectivity index (χ0v) is 55.9. The number of hydrogen-bond acceptors (Lipinski definition) is 7. The normalized spacial score (nSPS) is 13.8. The number of carboxylic acid groups (broad SMARTS) is 1. The molecule has 0 aromatic carbocycles. The van der Waals surface area contributed by atoms with Gasteiger partial charge >= 0.3 is 17.9 Å². The van der Waals surface area contributed by atoms with E-state index in [0.717, 1.165) is 135 Å². The highest BCUT2D eigenvalue weighted by Crippen LogP contribution is 2.16. The topological polar surface area (TPSA) is 108 Å². The van der Waals surface area contributed by atoms with Crippen molar-refractivity contribution in [1.29, 1.82) is 0 Å². The van der Waals surface area contributed by atoms with Crippen LogP contribution in [-0.4, -0.2) is 87.4 Å². The summed E-state index contributed by atoms with van der Waals surface area (Å²) in [5.41, 5.74) is 0. The first kappa shape index (κ1) is 81.7. The van der Waals surface area contributed by atoms with Crippen molar-refractivity contribution in [3.05, 3.63) is 170 Å². The van der Waals surface area contributed by atoms with Crippen molar-refractivity contribution in [2.75, 3.05) is 47.5 Å². The van der Waals surface area contributed by atoms with Crippen molar-refractivity contribution in [2.24, 2.45) is 0 Å². The van der Waals surface area contributed by atoms with Crippen LogP contribution in [0.1, 0.15) is 245 Å². The number of carboxylic acids is 1. The molecule has 9 nitrogen and oxygen atoms in total. The van der Waals surface area contributed by atoms with E-state index in [1.807, 2.05) is 21.1 Å². The summed E-state index contributed by atoms with van der Waals surface area (Å²) in [7, 11) is 5.96. The summed E-state index contributed by atoms with van der Waals surface area (Å²) in [5.74, 6) is -2.05. The van der Waals surface area contributed by atoms with Gasteiger partial charge < -0.3 is 28.5 Å². The van der Waals surface area contributed by atoms with Crippen LogP contribution in [0, 0.1) is 0 Å². The van der Waals surface area contributed by atoms with Gasteiger partial charge in [-0.3, -0.25) is 9.59 Å². The average Bonchev–Trinajstić information content (AvgIpc) is 3.55. The second-order valence-electron chi connectivity index (χ2n) is 23.4. The maximum Gasteiger partial charge on any atom is 0.361 e. The van der Waals surface area contributed by atoms with Gasteiger partial charge in [-0.15, -0.1) is 0 Å². The molecular formula is C78H126NO8+. The Kier molecular flexibility index (Phi) is 62.5. The van der Waals surface area contributed by atoms with E-state index in [2.05, 4.69) is 184 Å². The SMILES string of the molecule is CC/C=C\C/C=C\C/C=C\C/C=C\C/C=C\C/C=C\C/C=C\C/C=C\CCCCCCCCCCCCCCCCC(=O)OC(COC(=O)CCCCCC/C=C\C/C=C\C/C=C\C/C=C\C/C=C\C/C=C\CC)COC(OCC[N+](C)(C)C)C(=O)O. The molecule has 2 atom stereocenters. The van der Waals surface area contributed by atoms with Gasteiger partial charge in [0, 0.05) is 12.8 Å². The number of allylic oxidation sites excluding steroid dienone is 28. The molecule has 0 fully saturated rings. The van der Waals surface area contributed by atoms with E-state index >= 15 is 0 Å². The third kappa shape index (κ3) is 68.0. The average molecular weight is 1210 g/mol. The van der Waals surface area contributed by atoms with Gasteiger partial charge in [0.05, 0.1) is 34.4 Å². The number of nitrogens with zero attached hydrogens (tertiary/aromatic N) is 1. The monoisotopic (exact) mass is 1200 g/mol. The van der Waals surface area contributed by atoms with Crippen molar-refractivity contribution < 1.29 is 42.9 Å².